The first kappa shape index (κ1) is 14.5. The summed E-state index contributed by atoms with van der Waals surface area (Å²) in [6.45, 7) is 5.78. The zero-order valence-electron chi connectivity index (χ0n) is 11.9. The highest BCUT2D eigenvalue weighted by Gasteiger charge is 2.20. The van der Waals surface area contributed by atoms with Gasteiger partial charge in [0.2, 0.25) is 5.91 Å². The molecule has 2 rings (SSSR count). The smallest absolute Gasteiger partial charge is 0.219 e. The van der Waals surface area contributed by atoms with Gasteiger partial charge in [-0.2, -0.15) is 0 Å². The Bertz CT molecular complexity index is 531. The molecule has 5 heteroatoms. The van der Waals surface area contributed by atoms with Gasteiger partial charge in [-0.25, -0.2) is 4.39 Å². The van der Waals surface area contributed by atoms with Crippen molar-refractivity contribution in [2.45, 2.75) is 20.3 Å². The third-order valence-electron chi connectivity index (χ3n) is 3.62. The first-order valence-corrected chi connectivity index (χ1v) is 6.80. The molecule has 1 saturated heterocycles. The van der Waals surface area contributed by atoms with Crippen LogP contribution in [0.4, 0.5) is 10.1 Å². The molecule has 0 N–H and O–H groups in total. The van der Waals surface area contributed by atoms with E-state index in [1.165, 1.54) is 19.1 Å². The minimum absolute atomic E-state index is 0.0674. The van der Waals surface area contributed by atoms with Gasteiger partial charge in [-0.05, 0) is 31.5 Å². The van der Waals surface area contributed by atoms with Crippen molar-refractivity contribution in [3.63, 3.8) is 0 Å². The maximum Gasteiger partial charge on any atom is 0.219 e. The number of nitrogens with zero attached hydrogens (tertiary/aromatic N) is 2. The number of halogens is 1. The molecule has 0 atom stereocenters. The molecule has 1 aromatic carbocycles. The van der Waals surface area contributed by atoms with E-state index < -0.39 is 5.82 Å². The zero-order valence-corrected chi connectivity index (χ0v) is 11.9. The maximum atomic E-state index is 13.3. The second-order valence-electron chi connectivity index (χ2n) is 5.06. The summed E-state index contributed by atoms with van der Waals surface area (Å²) in [6, 6.07) is 4.30. The maximum absolute atomic E-state index is 13.3. The van der Waals surface area contributed by atoms with E-state index in [0.717, 1.165) is 25.2 Å². The van der Waals surface area contributed by atoms with Crippen molar-refractivity contribution < 1.29 is 14.0 Å². The van der Waals surface area contributed by atoms with E-state index in [0.29, 0.717) is 18.7 Å². The molecular formula is C15H19FN2O2. The Hall–Kier alpha value is -1.91. The molecule has 1 fully saturated rings. The fourth-order valence-corrected chi connectivity index (χ4v) is 2.54. The average molecular weight is 278 g/mol. The Morgan fingerprint density at radius 3 is 2.50 bits per heavy atom. The summed E-state index contributed by atoms with van der Waals surface area (Å²) in [7, 11) is 0. The summed E-state index contributed by atoms with van der Waals surface area (Å²) < 4.78 is 13.3. The van der Waals surface area contributed by atoms with E-state index in [-0.39, 0.29) is 11.7 Å². The number of hydrogen-bond donors (Lipinski definition) is 0. The molecule has 1 aliphatic heterocycles. The van der Waals surface area contributed by atoms with Gasteiger partial charge in [0.05, 0.1) is 0 Å². The quantitative estimate of drug-likeness (QED) is 0.778. The predicted molar refractivity (Wildman–Crippen MR) is 75.5 cm³/mol. The minimum atomic E-state index is -0.404. The van der Waals surface area contributed by atoms with Gasteiger partial charge in [0, 0.05) is 44.4 Å². The highest BCUT2D eigenvalue weighted by Crippen LogP contribution is 2.23. The van der Waals surface area contributed by atoms with Crippen LogP contribution in [0.3, 0.4) is 0 Å². The number of amides is 1. The molecule has 0 aliphatic carbocycles. The summed E-state index contributed by atoms with van der Waals surface area (Å²) in [5.41, 5.74) is 1.16. The van der Waals surface area contributed by atoms with E-state index in [1.54, 1.807) is 17.9 Å². The average Bonchev–Trinajstić information content (AvgIpc) is 2.64. The Morgan fingerprint density at radius 2 is 1.85 bits per heavy atom. The molecular weight excluding hydrogens is 259 g/mol. The van der Waals surface area contributed by atoms with Crippen molar-refractivity contribution in [2.75, 3.05) is 31.1 Å². The minimum Gasteiger partial charge on any atom is -0.369 e. The van der Waals surface area contributed by atoms with Gasteiger partial charge < -0.3 is 9.80 Å². The molecule has 1 heterocycles. The van der Waals surface area contributed by atoms with Crippen molar-refractivity contribution in [3.05, 3.63) is 29.6 Å². The summed E-state index contributed by atoms with van der Waals surface area (Å²) in [5, 5.41) is 0. The fourth-order valence-electron chi connectivity index (χ4n) is 2.54. The molecule has 1 aliphatic rings. The number of Topliss-reactive ketones (excluding diaryl/α,β-unsaturated/α-hetero) is 1. The first-order valence-electron chi connectivity index (χ1n) is 6.80. The number of hydrogen-bond acceptors (Lipinski definition) is 3. The number of carbonyl (C=O) groups is 2. The Labute approximate surface area is 118 Å². The lowest BCUT2D eigenvalue weighted by molar-refractivity contribution is -0.128. The van der Waals surface area contributed by atoms with Crippen LogP contribution in [0.15, 0.2) is 18.2 Å². The fraction of sp³-hybridized carbons (Fsp3) is 0.467. The lowest BCUT2D eigenvalue weighted by Gasteiger charge is -2.25. The molecule has 1 amide bonds. The second kappa shape index (κ2) is 6.03. The molecule has 0 bridgehead atoms. The van der Waals surface area contributed by atoms with Crippen LogP contribution >= 0.6 is 0 Å². The van der Waals surface area contributed by atoms with Crippen LogP contribution in [0.25, 0.3) is 0 Å². The normalized spacial score (nSPS) is 15.9. The largest absolute Gasteiger partial charge is 0.369 e. The van der Waals surface area contributed by atoms with E-state index in [1.807, 2.05) is 0 Å². The van der Waals surface area contributed by atoms with Crippen LogP contribution in [-0.4, -0.2) is 42.8 Å². The Morgan fingerprint density at radius 1 is 1.10 bits per heavy atom. The number of rotatable bonds is 2. The van der Waals surface area contributed by atoms with Gasteiger partial charge in [0.1, 0.15) is 5.82 Å². The number of benzene rings is 1. The molecule has 0 saturated carbocycles. The highest BCUT2D eigenvalue weighted by atomic mass is 19.1. The zero-order chi connectivity index (χ0) is 14.7. The summed E-state index contributed by atoms with van der Waals surface area (Å²) in [4.78, 5) is 26.9. The van der Waals surface area contributed by atoms with Crippen LogP contribution in [0.1, 0.15) is 30.6 Å². The van der Waals surface area contributed by atoms with Gasteiger partial charge in [-0.3, -0.25) is 9.59 Å². The Kier molecular flexibility index (Phi) is 4.37. The van der Waals surface area contributed by atoms with Crippen molar-refractivity contribution in [1.29, 1.82) is 0 Å². The van der Waals surface area contributed by atoms with Crippen molar-refractivity contribution >= 4 is 17.4 Å². The third-order valence-corrected chi connectivity index (χ3v) is 3.62. The number of ketones is 1. The van der Waals surface area contributed by atoms with E-state index in [4.69, 9.17) is 0 Å². The lowest BCUT2D eigenvalue weighted by Crippen LogP contribution is -2.34. The SMILES string of the molecule is CC(=O)c1cc(F)ccc1N1CCCN(C(C)=O)CC1. The van der Waals surface area contributed by atoms with Crippen LogP contribution in [-0.2, 0) is 4.79 Å². The van der Waals surface area contributed by atoms with Gasteiger partial charge in [-0.1, -0.05) is 0 Å². The molecule has 0 aromatic heterocycles. The predicted octanol–water partition coefficient (Wildman–Crippen LogP) is 2.09. The van der Waals surface area contributed by atoms with Gasteiger partial charge >= 0.3 is 0 Å². The topological polar surface area (TPSA) is 40.6 Å². The van der Waals surface area contributed by atoms with Gasteiger partial charge in [-0.15, -0.1) is 0 Å². The molecule has 0 spiro atoms. The summed E-state index contributed by atoms with van der Waals surface area (Å²) >= 11 is 0. The van der Waals surface area contributed by atoms with Crippen LogP contribution in [0, 0.1) is 5.82 Å². The monoisotopic (exact) mass is 278 g/mol. The lowest BCUT2D eigenvalue weighted by atomic mass is 10.1. The summed E-state index contributed by atoms with van der Waals surface area (Å²) in [6.07, 6.45) is 0.842. The molecule has 20 heavy (non-hydrogen) atoms. The molecule has 0 radical (unpaired) electrons. The van der Waals surface area contributed by atoms with Crippen molar-refractivity contribution in [3.8, 4) is 0 Å². The Balaban J connectivity index is 2.23. The van der Waals surface area contributed by atoms with Crippen LogP contribution in [0.5, 0.6) is 0 Å². The van der Waals surface area contributed by atoms with E-state index >= 15 is 0 Å². The third kappa shape index (κ3) is 3.15. The van der Waals surface area contributed by atoms with Gasteiger partial charge in [0.25, 0.3) is 0 Å². The molecule has 108 valence electrons. The first-order chi connectivity index (χ1) is 9.49. The van der Waals surface area contributed by atoms with E-state index in [2.05, 4.69) is 4.90 Å². The molecule has 0 unspecified atom stereocenters. The number of anilines is 1. The highest BCUT2D eigenvalue weighted by molar-refractivity contribution is 5.99. The second-order valence-corrected chi connectivity index (χ2v) is 5.06. The van der Waals surface area contributed by atoms with E-state index in [9.17, 15) is 14.0 Å². The summed E-state index contributed by atoms with van der Waals surface area (Å²) in [5.74, 6) is -0.482. The standard InChI is InChI=1S/C15H19FN2O2/c1-11(19)14-10-13(16)4-5-15(14)18-7-3-6-17(8-9-18)12(2)20/h4-5,10H,3,6-9H2,1-2H3. The van der Waals surface area contributed by atoms with Gasteiger partial charge in [0.15, 0.2) is 5.78 Å². The van der Waals surface area contributed by atoms with Crippen LogP contribution in [0.2, 0.25) is 0 Å². The molecule has 4 nitrogen and oxygen atoms in total. The molecule has 1 aromatic rings. The number of carbonyl (C=O) groups excluding carboxylic acids is 2. The van der Waals surface area contributed by atoms with Crippen molar-refractivity contribution in [2.24, 2.45) is 0 Å². The van der Waals surface area contributed by atoms with Crippen LogP contribution < -0.4 is 4.90 Å². The van der Waals surface area contributed by atoms with Crippen molar-refractivity contribution in [1.82, 2.24) is 4.90 Å².